The summed E-state index contributed by atoms with van der Waals surface area (Å²) in [6.07, 6.45) is 0.791. The van der Waals surface area contributed by atoms with Gasteiger partial charge in [-0.3, -0.25) is 0 Å². The number of benzene rings is 3. The minimum Gasteiger partial charge on any atom is -0.447 e. The van der Waals surface area contributed by atoms with Crippen LogP contribution in [0.25, 0.3) is 10.8 Å². The Bertz CT molecular complexity index is 722. The highest BCUT2D eigenvalue weighted by molar-refractivity contribution is 7.46. The summed E-state index contributed by atoms with van der Waals surface area (Å²) in [5.74, 6) is 0.863. The lowest BCUT2D eigenvalue weighted by atomic mass is 10.1. The third-order valence-electron chi connectivity index (χ3n) is 3.40. The Labute approximate surface area is 132 Å². The standard InChI is InChI=1S/C19H19O2P/c1-2-20-22(21-18-12-4-3-5-13-18)15-17-11-8-10-16-9-6-7-14-19(16)17/h3-14H,2,15H2,1H3. The number of hydrogen-bond donors (Lipinski definition) is 0. The van der Waals surface area contributed by atoms with Gasteiger partial charge in [-0.05, 0) is 35.4 Å². The zero-order valence-electron chi connectivity index (χ0n) is 12.6. The third-order valence-corrected chi connectivity index (χ3v) is 4.96. The second-order valence-corrected chi connectivity index (χ2v) is 6.37. The molecule has 0 aliphatic heterocycles. The van der Waals surface area contributed by atoms with E-state index in [1.165, 1.54) is 16.3 Å². The first-order chi connectivity index (χ1) is 10.9. The zero-order chi connectivity index (χ0) is 15.2. The first kappa shape index (κ1) is 15.0. The molecule has 3 heteroatoms. The molecule has 112 valence electrons. The molecule has 0 saturated carbocycles. The number of para-hydroxylation sites is 1. The quantitative estimate of drug-likeness (QED) is 0.538. The minimum atomic E-state index is -0.987. The van der Waals surface area contributed by atoms with E-state index < -0.39 is 8.38 Å². The fourth-order valence-corrected chi connectivity index (χ4v) is 3.82. The molecule has 2 nitrogen and oxygen atoms in total. The molecule has 0 heterocycles. The minimum absolute atomic E-state index is 0.656. The van der Waals surface area contributed by atoms with E-state index in [0.717, 1.165) is 11.9 Å². The summed E-state index contributed by atoms with van der Waals surface area (Å²) in [6.45, 7) is 2.66. The number of rotatable bonds is 6. The van der Waals surface area contributed by atoms with E-state index in [2.05, 4.69) is 42.5 Å². The highest BCUT2D eigenvalue weighted by atomic mass is 31.2. The van der Waals surface area contributed by atoms with Crippen LogP contribution in [0.5, 0.6) is 5.75 Å². The van der Waals surface area contributed by atoms with Gasteiger partial charge in [-0.1, -0.05) is 60.7 Å². The van der Waals surface area contributed by atoms with Gasteiger partial charge in [0.2, 0.25) is 8.38 Å². The van der Waals surface area contributed by atoms with E-state index >= 15 is 0 Å². The summed E-state index contributed by atoms with van der Waals surface area (Å²) in [4.78, 5) is 0. The molecule has 0 aliphatic carbocycles. The van der Waals surface area contributed by atoms with Crippen LogP contribution >= 0.6 is 8.38 Å². The topological polar surface area (TPSA) is 18.5 Å². The Hall–Kier alpha value is -1.89. The van der Waals surface area contributed by atoms with Gasteiger partial charge < -0.3 is 9.05 Å². The summed E-state index contributed by atoms with van der Waals surface area (Å²) >= 11 is 0. The normalized spacial score (nSPS) is 12.2. The Morgan fingerprint density at radius 1 is 0.818 bits per heavy atom. The lowest BCUT2D eigenvalue weighted by Gasteiger charge is -2.18. The maximum atomic E-state index is 6.05. The van der Waals surface area contributed by atoms with Gasteiger partial charge in [0.15, 0.2) is 0 Å². The largest absolute Gasteiger partial charge is 0.447 e. The maximum Gasteiger partial charge on any atom is 0.234 e. The van der Waals surface area contributed by atoms with Crippen molar-refractivity contribution in [1.29, 1.82) is 0 Å². The van der Waals surface area contributed by atoms with Crippen molar-refractivity contribution in [2.24, 2.45) is 0 Å². The van der Waals surface area contributed by atoms with Crippen LogP contribution < -0.4 is 4.52 Å². The summed E-state index contributed by atoms with van der Waals surface area (Å²) in [7, 11) is -0.987. The molecule has 0 aliphatic rings. The van der Waals surface area contributed by atoms with Crippen LogP contribution in [0.15, 0.2) is 72.8 Å². The molecule has 0 aromatic heterocycles. The van der Waals surface area contributed by atoms with Gasteiger partial charge in [-0.2, -0.15) is 0 Å². The molecule has 0 spiro atoms. The zero-order valence-corrected chi connectivity index (χ0v) is 13.5. The van der Waals surface area contributed by atoms with Crippen LogP contribution in [0.1, 0.15) is 12.5 Å². The van der Waals surface area contributed by atoms with Gasteiger partial charge in [-0.25, -0.2) is 0 Å². The van der Waals surface area contributed by atoms with Crippen molar-refractivity contribution < 1.29 is 9.05 Å². The van der Waals surface area contributed by atoms with Crippen molar-refractivity contribution in [2.75, 3.05) is 6.61 Å². The Morgan fingerprint density at radius 3 is 2.36 bits per heavy atom. The average molecular weight is 310 g/mol. The molecule has 3 aromatic carbocycles. The van der Waals surface area contributed by atoms with Crippen LogP contribution in [0.4, 0.5) is 0 Å². The van der Waals surface area contributed by atoms with Gasteiger partial charge in [0, 0.05) is 0 Å². The van der Waals surface area contributed by atoms with E-state index in [9.17, 15) is 0 Å². The van der Waals surface area contributed by atoms with E-state index in [0.29, 0.717) is 6.61 Å². The number of hydrogen-bond acceptors (Lipinski definition) is 2. The summed E-state index contributed by atoms with van der Waals surface area (Å²) in [6, 6.07) is 24.7. The molecule has 0 saturated heterocycles. The molecule has 0 bridgehead atoms. The fourth-order valence-electron chi connectivity index (χ4n) is 2.42. The molecule has 1 atom stereocenters. The van der Waals surface area contributed by atoms with E-state index in [1.807, 2.05) is 37.3 Å². The molecule has 0 amide bonds. The van der Waals surface area contributed by atoms with Crippen LogP contribution in [0.2, 0.25) is 0 Å². The van der Waals surface area contributed by atoms with Crippen molar-refractivity contribution in [3.05, 3.63) is 78.4 Å². The average Bonchev–Trinajstić information content (AvgIpc) is 2.56. The first-order valence-corrected chi connectivity index (χ1v) is 8.83. The molecule has 0 N–H and O–H groups in total. The molecule has 22 heavy (non-hydrogen) atoms. The van der Waals surface area contributed by atoms with Crippen molar-refractivity contribution in [2.45, 2.75) is 13.1 Å². The SMILES string of the molecule is CCOP(Cc1cccc2ccccc12)Oc1ccccc1. The first-order valence-electron chi connectivity index (χ1n) is 7.47. The van der Waals surface area contributed by atoms with Crippen LogP contribution in [-0.4, -0.2) is 6.61 Å². The highest BCUT2D eigenvalue weighted by Crippen LogP contribution is 2.43. The van der Waals surface area contributed by atoms with Crippen molar-refractivity contribution in [3.63, 3.8) is 0 Å². The molecule has 3 aromatic rings. The van der Waals surface area contributed by atoms with Crippen LogP contribution in [-0.2, 0) is 10.7 Å². The third kappa shape index (κ3) is 3.65. The van der Waals surface area contributed by atoms with Crippen LogP contribution in [0.3, 0.4) is 0 Å². The van der Waals surface area contributed by atoms with E-state index in [-0.39, 0.29) is 0 Å². The Kier molecular flexibility index (Phi) is 5.05. The summed E-state index contributed by atoms with van der Waals surface area (Å²) in [5.41, 5.74) is 1.27. The van der Waals surface area contributed by atoms with Crippen molar-refractivity contribution in [3.8, 4) is 5.75 Å². The van der Waals surface area contributed by atoms with E-state index in [1.54, 1.807) is 0 Å². The van der Waals surface area contributed by atoms with Gasteiger partial charge >= 0.3 is 0 Å². The maximum absolute atomic E-state index is 6.05. The van der Waals surface area contributed by atoms with Gasteiger partial charge in [0.05, 0.1) is 12.8 Å². The predicted octanol–water partition coefficient (Wildman–Crippen LogP) is 5.77. The predicted molar refractivity (Wildman–Crippen MR) is 93.3 cm³/mol. The molecule has 3 rings (SSSR count). The summed E-state index contributed by atoms with van der Waals surface area (Å²) < 4.78 is 11.9. The Balaban J connectivity index is 1.83. The molecular formula is C19H19O2P. The van der Waals surface area contributed by atoms with Crippen molar-refractivity contribution in [1.82, 2.24) is 0 Å². The van der Waals surface area contributed by atoms with Gasteiger partial charge in [0.1, 0.15) is 5.75 Å². The highest BCUT2D eigenvalue weighted by Gasteiger charge is 2.14. The Morgan fingerprint density at radius 2 is 1.55 bits per heavy atom. The molecule has 0 fully saturated rings. The van der Waals surface area contributed by atoms with Crippen molar-refractivity contribution >= 4 is 19.1 Å². The molecule has 0 radical (unpaired) electrons. The molecule has 1 unspecified atom stereocenters. The second kappa shape index (κ2) is 7.40. The van der Waals surface area contributed by atoms with Gasteiger partial charge in [0.25, 0.3) is 0 Å². The monoisotopic (exact) mass is 310 g/mol. The van der Waals surface area contributed by atoms with Gasteiger partial charge in [-0.15, -0.1) is 0 Å². The lowest BCUT2D eigenvalue weighted by molar-refractivity contribution is 0.333. The molecular weight excluding hydrogens is 291 g/mol. The lowest BCUT2D eigenvalue weighted by Crippen LogP contribution is -1.97. The van der Waals surface area contributed by atoms with E-state index in [4.69, 9.17) is 9.05 Å². The summed E-state index contributed by atoms with van der Waals surface area (Å²) in [5, 5.41) is 2.53. The fraction of sp³-hybridized carbons (Fsp3) is 0.158. The second-order valence-electron chi connectivity index (χ2n) is 4.95. The number of fused-ring (bicyclic) bond motifs is 1. The van der Waals surface area contributed by atoms with Crippen LogP contribution in [0, 0.1) is 0 Å². The smallest absolute Gasteiger partial charge is 0.234 e.